The van der Waals surface area contributed by atoms with Gasteiger partial charge < -0.3 is 20.1 Å². The van der Waals surface area contributed by atoms with E-state index in [2.05, 4.69) is 10.6 Å². The van der Waals surface area contributed by atoms with Gasteiger partial charge in [0.25, 0.3) is 0 Å². The summed E-state index contributed by atoms with van der Waals surface area (Å²) in [6.45, 7) is 9.04. The van der Waals surface area contributed by atoms with Crippen LogP contribution < -0.4 is 20.1 Å². The van der Waals surface area contributed by atoms with Crippen molar-refractivity contribution in [3.8, 4) is 11.5 Å². The molecule has 0 aliphatic rings. The number of hydrogen-bond donors (Lipinski definition) is 2. The maximum atomic E-state index is 12.3. The first kappa shape index (κ1) is 18.6. The molecule has 0 saturated carbocycles. The van der Waals surface area contributed by atoms with Gasteiger partial charge in [-0.1, -0.05) is 17.7 Å². The normalized spacial score (nSPS) is 11.5. The fourth-order valence-electron chi connectivity index (χ4n) is 2.54. The van der Waals surface area contributed by atoms with Crippen molar-refractivity contribution < 1.29 is 14.3 Å². The molecule has 2 aromatic rings. The minimum Gasteiger partial charge on any atom is -0.494 e. The van der Waals surface area contributed by atoms with Crippen molar-refractivity contribution in [3.05, 3.63) is 53.6 Å². The van der Waals surface area contributed by atoms with Crippen LogP contribution >= 0.6 is 0 Å². The third-order valence-electron chi connectivity index (χ3n) is 3.70. The van der Waals surface area contributed by atoms with Crippen LogP contribution in [0.5, 0.6) is 11.5 Å². The van der Waals surface area contributed by atoms with E-state index in [1.807, 2.05) is 70.2 Å². The van der Waals surface area contributed by atoms with Crippen LogP contribution in [-0.2, 0) is 0 Å². The van der Waals surface area contributed by atoms with Crippen LogP contribution in [0.25, 0.3) is 0 Å². The van der Waals surface area contributed by atoms with Crippen molar-refractivity contribution >= 4 is 11.7 Å². The van der Waals surface area contributed by atoms with E-state index in [0.29, 0.717) is 18.9 Å². The minimum absolute atomic E-state index is 0.177. The fourth-order valence-corrected chi connectivity index (χ4v) is 2.54. The SMILES string of the molecule is CCOc1ccc(NC(=O)NC(C)c2cc(C)ccc2OCC)cc1. The number of carbonyl (C=O) groups excluding carboxylic acids is 1. The van der Waals surface area contributed by atoms with E-state index in [4.69, 9.17) is 9.47 Å². The average Bonchev–Trinajstić information content (AvgIpc) is 2.58. The van der Waals surface area contributed by atoms with Gasteiger partial charge in [-0.15, -0.1) is 0 Å². The number of ether oxygens (including phenoxy) is 2. The predicted octanol–water partition coefficient (Wildman–Crippen LogP) is 4.68. The van der Waals surface area contributed by atoms with Gasteiger partial charge in [0, 0.05) is 11.3 Å². The number of anilines is 1. The number of benzene rings is 2. The first-order chi connectivity index (χ1) is 12.0. The van der Waals surface area contributed by atoms with Gasteiger partial charge in [0.1, 0.15) is 11.5 Å². The van der Waals surface area contributed by atoms with Crippen LogP contribution in [0.15, 0.2) is 42.5 Å². The van der Waals surface area contributed by atoms with Crippen LogP contribution in [0.4, 0.5) is 10.5 Å². The molecule has 0 spiro atoms. The Kier molecular flexibility index (Phi) is 6.69. The molecule has 2 aromatic carbocycles. The quantitative estimate of drug-likeness (QED) is 0.768. The molecule has 1 unspecified atom stereocenters. The average molecular weight is 342 g/mol. The number of rotatable bonds is 7. The summed E-state index contributed by atoms with van der Waals surface area (Å²) < 4.78 is 11.1. The Bertz CT molecular complexity index is 699. The first-order valence-electron chi connectivity index (χ1n) is 8.57. The van der Waals surface area contributed by atoms with E-state index in [1.54, 1.807) is 0 Å². The maximum Gasteiger partial charge on any atom is 0.319 e. The summed E-state index contributed by atoms with van der Waals surface area (Å²) in [6, 6.07) is 12.8. The molecular formula is C20H26N2O3. The van der Waals surface area contributed by atoms with Crippen LogP contribution in [0.3, 0.4) is 0 Å². The minimum atomic E-state index is -0.263. The van der Waals surface area contributed by atoms with Gasteiger partial charge in [0.15, 0.2) is 0 Å². The van der Waals surface area contributed by atoms with E-state index in [0.717, 1.165) is 22.6 Å². The standard InChI is InChI=1S/C20H26N2O3/c1-5-24-17-10-8-16(9-11-17)22-20(23)21-15(4)18-13-14(3)7-12-19(18)25-6-2/h7-13,15H,5-6H2,1-4H3,(H2,21,22,23). The lowest BCUT2D eigenvalue weighted by Gasteiger charge is -2.19. The maximum absolute atomic E-state index is 12.3. The fraction of sp³-hybridized carbons (Fsp3) is 0.350. The van der Waals surface area contributed by atoms with E-state index in [-0.39, 0.29) is 12.1 Å². The highest BCUT2D eigenvalue weighted by molar-refractivity contribution is 5.89. The van der Waals surface area contributed by atoms with Crippen molar-refractivity contribution in [3.63, 3.8) is 0 Å². The van der Waals surface area contributed by atoms with Gasteiger partial charge in [-0.3, -0.25) is 0 Å². The molecule has 0 bridgehead atoms. The molecule has 0 fully saturated rings. The van der Waals surface area contributed by atoms with E-state index in [9.17, 15) is 4.79 Å². The molecule has 0 aliphatic heterocycles. The van der Waals surface area contributed by atoms with Crippen molar-refractivity contribution in [2.24, 2.45) is 0 Å². The Labute approximate surface area is 149 Å². The smallest absolute Gasteiger partial charge is 0.319 e. The zero-order chi connectivity index (χ0) is 18.2. The lowest BCUT2D eigenvalue weighted by Crippen LogP contribution is -2.31. The lowest BCUT2D eigenvalue weighted by molar-refractivity contribution is 0.249. The van der Waals surface area contributed by atoms with Gasteiger partial charge in [0.05, 0.1) is 19.3 Å². The molecule has 25 heavy (non-hydrogen) atoms. The topological polar surface area (TPSA) is 59.6 Å². The Morgan fingerprint density at radius 3 is 2.36 bits per heavy atom. The second-order valence-corrected chi connectivity index (χ2v) is 5.75. The summed E-state index contributed by atoms with van der Waals surface area (Å²) >= 11 is 0. The molecule has 0 heterocycles. The number of nitrogens with one attached hydrogen (secondary N) is 2. The largest absolute Gasteiger partial charge is 0.494 e. The van der Waals surface area contributed by atoms with Crippen LogP contribution in [0, 0.1) is 6.92 Å². The molecular weight excluding hydrogens is 316 g/mol. The molecule has 5 heteroatoms. The Morgan fingerprint density at radius 2 is 1.72 bits per heavy atom. The molecule has 0 aliphatic carbocycles. The van der Waals surface area contributed by atoms with E-state index < -0.39 is 0 Å². The summed E-state index contributed by atoms with van der Waals surface area (Å²) in [5.41, 5.74) is 2.80. The number of carbonyl (C=O) groups is 1. The van der Waals surface area contributed by atoms with E-state index in [1.165, 1.54) is 0 Å². The third-order valence-corrected chi connectivity index (χ3v) is 3.70. The molecule has 2 rings (SSSR count). The monoisotopic (exact) mass is 342 g/mol. The van der Waals surface area contributed by atoms with Gasteiger partial charge in [0.2, 0.25) is 0 Å². The number of hydrogen-bond acceptors (Lipinski definition) is 3. The number of urea groups is 1. The molecule has 2 N–H and O–H groups in total. The highest BCUT2D eigenvalue weighted by atomic mass is 16.5. The van der Waals surface area contributed by atoms with Gasteiger partial charge >= 0.3 is 6.03 Å². The number of amides is 2. The first-order valence-corrected chi connectivity index (χ1v) is 8.57. The summed E-state index contributed by atoms with van der Waals surface area (Å²) in [4.78, 5) is 12.3. The second kappa shape index (κ2) is 8.97. The lowest BCUT2D eigenvalue weighted by atomic mass is 10.0. The summed E-state index contributed by atoms with van der Waals surface area (Å²) in [5.74, 6) is 1.57. The third kappa shape index (κ3) is 5.41. The molecule has 1 atom stereocenters. The van der Waals surface area contributed by atoms with Crippen molar-refractivity contribution in [1.82, 2.24) is 5.32 Å². The Hall–Kier alpha value is -2.69. The van der Waals surface area contributed by atoms with Crippen LogP contribution in [-0.4, -0.2) is 19.2 Å². The summed E-state index contributed by atoms with van der Waals surface area (Å²) in [6.07, 6.45) is 0. The molecule has 134 valence electrons. The molecule has 0 radical (unpaired) electrons. The Balaban J connectivity index is 2.01. The van der Waals surface area contributed by atoms with Gasteiger partial charge in [-0.25, -0.2) is 4.79 Å². The Morgan fingerprint density at radius 1 is 1.04 bits per heavy atom. The van der Waals surface area contributed by atoms with E-state index >= 15 is 0 Å². The molecule has 2 amide bonds. The second-order valence-electron chi connectivity index (χ2n) is 5.75. The highest BCUT2D eigenvalue weighted by Gasteiger charge is 2.14. The molecule has 0 saturated heterocycles. The van der Waals surface area contributed by atoms with Crippen molar-refractivity contribution in [2.75, 3.05) is 18.5 Å². The van der Waals surface area contributed by atoms with Crippen molar-refractivity contribution in [1.29, 1.82) is 0 Å². The van der Waals surface area contributed by atoms with Gasteiger partial charge in [-0.2, -0.15) is 0 Å². The zero-order valence-electron chi connectivity index (χ0n) is 15.3. The molecule has 0 aromatic heterocycles. The zero-order valence-corrected chi connectivity index (χ0v) is 15.3. The van der Waals surface area contributed by atoms with Gasteiger partial charge in [-0.05, 0) is 58.0 Å². The summed E-state index contributed by atoms with van der Waals surface area (Å²) in [5, 5.41) is 5.78. The summed E-state index contributed by atoms with van der Waals surface area (Å²) in [7, 11) is 0. The van der Waals surface area contributed by atoms with Crippen LogP contribution in [0.1, 0.15) is 37.9 Å². The number of aryl methyl sites for hydroxylation is 1. The van der Waals surface area contributed by atoms with Crippen molar-refractivity contribution in [2.45, 2.75) is 33.7 Å². The predicted molar refractivity (Wildman–Crippen MR) is 101 cm³/mol. The highest BCUT2D eigenvalue weighted by Crippen LogP contribution is 2.26. The van der Waals surface area contributed by atoms with Crippen LogP contribution in [0.2, 0.25) is 0 Å². The molecule has 5 nitrogen and oxygen atoms in total.